The van der Waals surface area contributed by atoms with E-state index in [1.54, 1.807) is 17.9 Å². The van der Waals surface area contributed by atoms with Crippen molar-refractivity contribution in [2.75, 3.05) is 11.9 Å². The number of aryl methyl sites for hydroxylation is 1. The summed E-state index contributed by atoms with van der Waals surface area (Å²) >= 11 is 0. The average molecular weight is 394 g/mol. The number of hydrogen-bond acceptors (Lipinski definition) is 6. The average Bonchev–Trinajstić information content (AvgIpc) is 3.43. The van der Waals surface area contributed by atoms with Gasteiger partial charge in [0.25, 0.3) is 5.91 Å². The van der Waals surface area contributed by atoms with Gasteiger partial charge >= 0.3 is 0 Å². The second-order valence-electron chi connectivity index (χ2n) is 7.87. The summed E-state index contributed by atoms with van der Waals surface area (Å²) in [6.45, 7) is 5.98. The number of amides is 1. The van der Waals surface area contributed by atoms with E-state index in [1.807, 2.05) is 18.2 Å². The molecule has 0 bridgehead atoms. The van der Waals surface area contributed by atoms with E-state index in [2.05, 4.69) is 51.7 Å². The molecule has 1 aliphatic heterocycles. The molecule has 4 rings (SSSR count). The van der Waals surface area contributed by atoms with Gasteiger partial charge in [-0.05, 0) is 37.1 Å². The van der Waals surface area contributed by atoms with Gasteiger partial charge in [0.15, 0.2) is 5.82 Å². The first-order valence-corrected chi connectivity index (χ1v) is 9.97. The van der Waals surface area contributed by atoms with Crippen LogP contribution in [-0.2, 0) is 13.6 Å². The van der Waals surface area contributed by atoms with Crippen molar-refractivity contribution in [2.24, 2.45) is 7.05 Å². The maximum atomic E-state index is 12.5. The molecular weight excluding hydrogens is 368 g/mol. The number of anilines is 1. The minimum absolute atomic E-state index is 0.191. The van der Waals surface area contributed by atoms with Gasteiger partial charge in [0.2, 0.25) is 0 Å². The van der Waals surface area contributed by atoms with Crippen molar-refractivity contribution in [3.05, 3.63) is 59.1 Å². The Hall–Kier alpha value is -3.00. The minimum Gasteiger partial charge on any atom is -0.361 e. The molecule has 0 spiro atoms. The summed E-state index contributed by atoms with van der Waals surface area (Å²) in [6, 6.07) is 10.0. The van der Waals surface area contributed by atoms with Gasteiger partial charge in [0.1, 0.15) is 11.5 Å². The zero-order chi connectivity index (χ0) is 20.4. The Labute approximate surface area is 169 Å². The third-order valence-corrected chi connectivity index (χ3v) is 5.24. The van der Waals surface area contributed by atoms with Crippen LogP contribution in [0.3, 0.4) is 0 Å². The second kappa shape index (κ2) is 8.16. The van der Waals surface area contributed by atoms with Gasteiger partial charge < -0.3 is 9.84 Å². The van der Waals surface area contributed by atoms with Crippen LogP contribution in [0.1, 0.15) is 66.0 Å². The number of aromatic nitrogens is 4. The first kappa shape index (κ1) is 19.3. The number of hydrogen-bond donors (Lipinski definition) is 1. The van der Waals surface area contributed by atoms with Crippen molar-refractivity contribution in [3.8, 4) is 0 Å². The van der Waals surface area contributed by atoms with Crippen molar-refractivity contribution < 1.29 is 9.32 Å². The van der Waals surface area contributed by atoms with Gasteiger partial charge in [-0.1, -0.05) is 36.4 Å². The summed E-state index contributed by atoms with van der Waals surface area (Å²) in [4.78, 5) is 14.9. The van der Waals surface area contributed by atoms with E-state index in [0.717, 1.165) is 42.9 Å². The van der Waals surface area contributed by atoms with E-state index in [1.165, 1.54) is 0 Å². The van der Waals surface area contributed by atoms with Gasteiger partial charge in [0.05, 0.1) is 12.2 Å². The molecule has 1 aliphatic rings. The van der Waals surface area contributed by atoms with Crippen LogP contribution in [0.5, 0.6) is 0 Å². The predicted octanol–water partition coefficient (Wildman–Crippen LogP) is 3.52. The highest BCUT2D eigenvalue weighted by molar-refractivity contribution is 6.03. The third-order valence-electron chi connectivity index (χ3n) is 5.24. The Bertz CT molecular complexity index is 992. The molecule has 1 saturated heterocycles. The summed E-state index contributed by atoms with van der Waals surface area (Å²) in [5.41, 5.74) is 2.70. The van der Waals surface area contributed by atoms with Crippen molar-refractivity contribution in [2.45, 2.75) is 45.2 Å². The van der Waals surface area contributed by atoms with Crippen LogP contribution in [0, 0.1) is 0 Å². The molecule has 1 unspecified atom stereocenters. The lowest BCUT2D eigenvalue weighted by Gasteiger charge is -2.22. The Morgan fingerprint density at radius 2 is 2.21 bits per heavy atom. The molecule has 152 valence electrons. The fourth-order valence-electron chi connectivity index (χ4n) is 3.72. The van der Waals surface area contributed by atoms with E-state index < -0.39 is 0 Å². The van der Waals surface area contributed by atoms with Crippen LogP contribution in [0.25, 0.3) is 0 Å². The lowest BCUT2D eigenvalue weighted by Crippen LogP contribution is -2.23. The Balaban J connectivity index is 1.45. The lowest BCUT2D eigenvalue weighted by molar-refractivity contribution is 0.102. The zero-order valence-electron chi connectivity index (χ0n) is 17.0. The molecule has 0 aliphatic carbocycles. The molecule has 8 heteroatoms. The lowest BCUT2D eigenvalue weighted by atomic mass is 10.1. The van der Waals surface area contributed by atoms with Gasteiger partial charge in [-0.3, -0.25) is 14.4 Å². The molecule has 3 aromatic rings. The SMILES string of the molecule is CC(C)c1cc(C2CCCN2Cc2cccc(C(=O)Nc3cn(C)nn3)c2)no1. The summed E-state index contributed by atoms with van der Waals surface area (Å²) in [5, 5.41) is 14.8. The Morgan fingerprint density at radius 1 is 1.34 bits per heavy atom. The summed E-state index contributed by atoms with van der Waals surface area (Å²) in [6.07, 6.45) is 3.86. The van der Waals surface area contributed by atoms with Crippen LogP contribution in [0.4, 0.5) is 5.82 Å². The van der Waals surface area contributed by atoms with Gasteiger partial charge in [-0.25, -0.2) is 0 Å². The third kappa shape index (κ3) is 4.37. The van der Waals surface area contributed by atoms with E-state index in [4.69, 9.17) is 4.52 Å². The smallest absolute Gasteiger partial charge is 0.256 e. The van der Waals surface area contributed by atoms with Crippen molar-refractivity contribution in [1.82, 2.24) is 25.1 Å². The molecular formula is C21H26N6O2. The number of likely N-dealkylation sites (tertiary alicyclic amines) is 1. The summed E-state index contributed by atoms with van der Waals surface area (Å²) < 4.78 is 7.05. The molecule has 1 atom stereocenters. The van der Waals surface area contributed by atoms with E-state index in [9.17, 15) is 4.79 Å². The first-order chi connectivity index (χ1) is 14.0. The predicted molar refractivity (Wildman–Crippen MR) is 108 cm³/mol. The second-order valence-corrected chi connectivity index (χ2v) is 7.87. The molecule has 0 saturated carbocycles. The van der Waals surface area contributed by atoms with Crippen LogP contribution in [0.2, 0.25) is 0 Å². The van der Waals surface area contributed by atoms with Crippen LogP contribution in [-0.4, -0.2) is 37.5 Å². The topological polar surface area (TPSA) is 89.1 Å². The fraction of sp³-hybridized carbons (Fsp3) is 0.429. The molecule has 29 heavy (non-hydrogen) atoms. The number of nitrogens with one attached hydrogen (secondary N) is 1. The monoisotopic (exact) mass is 394 g/mol. The van der Waals surface area contributed by atoms with E-state index in [-0.39, 0.29) is 11.9 Å². The Morgan fingerprint density at radius 3 is 2.93 bits per heavy atom. The highest BCUT2D eigenvalue weighted by Crippen LogP contribution is 2.33. The number of carbonyl (C=O) groups excluding carboxylic acids is 1. The van der Waals surface area contributed by atoms with Crippen molar-refractivity contribution >= 4 is 11.7 Å². The van der Waals surface area contributed by atoms with Crippen LogP contribution in [0.15, 0.2) is 41.1 Å². The molecule has 2 aromatic heterocycles. The minimum atomic E-state index is -0.191. The molecule has 1 N–H and O–H groups in total. The number of nitrogens with zero attached hydrogens (tertiary/aromatic N) is 5. The fourth-order valence-corrected chi connectivity index (χ4v) is 3.72. The first-order valence-electron chi connectivity index (χ1n) is 9.97. The quantitative estimate of drug-likeness (QED) is 0.688. The summed E-state index contributed by atoms with van der Waals surface area (Å²) in [7, 11) is 1.76. The van der Waals surface area contributed by atoms with Gasteiger partial charge in [0, 0.05) is 31.1 Å². The zero-order valence-corrected chi connectivity index (χ0v) is 17.0. The maximum Gasteiger partial charge on any atom is 0.256 e. The van der Waals surface area contributed by atoms with E-state index in [0.29, 0.717) is 17.3 Å². The molecule has 1 aromatic carbocycles. The normalized spacial score (nSPS) is 17.2. The van der Waals surface area contributed by atoms with Gasteiger partial charge in [-0.15, -0.1) is 5.10 Å². The van der Waals surface area contributed by atoms with Crippen molar-refractivity contribution in [1.29, 1.82) is 0 Å². The van der Waals surface area contributed by atoms with E-state index >= 15 is 0 Å². The number of benzene rings is 1. The number of rotatable bonds is 6. The molecule has 8 nitrogen and oxygen atoms in total. The highest BCUT2D eigenvalue weighted by atomic mass is 16.5. The molecule has 0 radical (unpaired) electrons. The summed E-state index contributed by atoms with van der Waals surface area (Å²) in [5.74, 6) is 1.50. The Kier molecular flexibility index (Phi) is 5.44. The molecule has 1 amide bonds. The highest BCUT2D eigenvalue weighted by Gasteiger charge is 2.29. The maximum absolute atomic E-state index is 12.5. The molecule has 1 fully saturated rings. The van der Waals surface area contributed by atoms with Gasteiger partial charge in [-0.2, -0.15) is 0 Å². The van der Waals surface area contributed by atoms with Crippen molar-refractivity contribution in [3.63, 3.8) is 0 Å². The van der Waals surface area contributed by atoms with Crippen LogP contribution < -0.4 is 5.32 Å². The standard InChI is InChI=1S/C21H26N6O2/c1-14(2)19-11-17(24-29-19)18-8-5-9-27(18)12-15-6-4-7-16(10-15)21(28)22-20-13-26(3)25-23-20/h4,6-7,10-11,13-14,18H,5,8-9,12H2,1-3H3,(H,22,28). The molecule has 3 heterocycles. The largest absolute Gasteiger partial charge is 0.361 e. The number of carbonyl (C=O) groups is 1. The van der Waals surface area contributed by atoms with Crippen LogP contribution >= 0.6 is 0 Å².